The van der Waals surface area contributed by atoms with Crippen LogP contribution in [-0.4, -0.2) is 39.6 Å². The number of piperidine rings is 1. The Balaban J connectivity index is 1.47. The Morgan fingerprint density at radius 3 is 2.70 bits per heavy atom. The van der Waals surface area contributed by atoms with Gasteiger partial charge in [0.15, 0.2) is 6.10 Å². The second-order valence-corrected chi connectivity index (χ2v) is 6.10. The normalized spacial score (nSPS) is 17.0. The van der Waals surface area contributed by atoms with Gasteiger partial charge in [0, 0.05) is 32.0 Å². The van der Waals surface area contributed by atoms with Gasteiger partial charge in [-0.3, -0.25) is 4.79 Å². The van der Waals surface area contributed by atoms with Crippen molar-refractivity contribution < 1.29 is 9.53 Å². The van der Waals surface area contributed by atoms with Crippen LogP contribution in [0.3, 0.4) is 0 Å². The molecule has 1 fully saturated rings. The van der Waals surface area contributed by atoms with Gasteiger partial charge in [0.05, 0.1) is 6.33 Å². The maximum Gasteiger partial charge on any atom is 0.263 e. The molecule has 1 aromatic carbocycles. The predicted molar refractivity (Wildman–Crippen MR) is 88.1 cm³/mol. The summed E-state index contributed by atoms with van der Waals surface area (Å²) >= 11 is 0. The second-order valence-electron chi connectivity index (χ2n) is 6.10. The highest BCUT2D eigenvalue weighted by molar-refractivity contribution is 5.81. The number of aromatic nitrogens is 2. The SMILES string of the molecule is CC(Oc1ccccc1)C(=O)N1CCC(Cn2ccnc2)CC1. The van der Waals surface area contributed by atoms with E-state index in [0.717, 1.165) is 38.2 Å². The van der Waals surface area contributed by atoms with Crippen LogP contribution < -0.4 is 4.74 Å². The summed E-state index contributed by atoms with van der Waals surface area (Å²) < 4.78 is 7.85. The van der Waals surface area contributed by atoms with Gasteiger partial charge in [-0.25, -0.2) is 4.98 Å². The van der Waals surface area contributed by atoms with Gasteiger partial charge in [-0.15, -0.1) is 0 Å². The van der Waals surface area contributed by atoms with Gasteiger partial charge >= 0.3 is 0 Å². The number of likely N-dealkylation sites (tertiary alicyclic amines) is 1. The van der Waals surface area contributed by atoms with Gasteiger partial charge in [-0.1, -0.05) is 18.2 Å². The molecule has 5 nitrogen and oxygen atoms in total. The molecule has 1 atom stereocenters. The van der Waals surface area contributed by atoms with Crippen molar-refractivity contribution in [1.82, 2.24) is 14.5 Å². The topological polar surface area (TPSA) is 47.4 Å². The number of benzene rings is 1. The molecule has 1 aromatic heterocycles. The third kappa shape index (κ3) is 4.12. The van der Waals surface area contributed by atoms with Crippen molar-refractivity contribution in [3.63, 3.8) is 0 Å². The number of carbonyl (C=O) groups excluding carboxylic acids is 1. The van der Waals surface area contributed by atoms with Crippen molar-refractivity contribution in [3.05, 3.63) is 49.1 Å². The number of carbonyl (C=O) groups is 1. The smallest absolute Gasteiger partial charge is 0.263 e. The van der Waals surface area contributed by atoms with Crippen LogP contribution in [0.2, 0.25) is 0 Å². The van der Waals surface area contributed by atoms with E-state index in [1.165, 1.54) is 0 Å². The molecule has 0 aliphatic carbocycles. The molecular formula is C18H23N3O2. The Morgan fingerprint density at radius 1 is 1.30 bits per heavy atom. The summed E-state index contributed by atoms with van der Waals surface area (Å²) in [4.78, 5) is 18.5. The second kappa shape index (κ2) is 7.31. The summed E-state index contributed by atoms with van der Waals surface area (Å²) in [6.07, 6.45) is 7.27. The van der Waals surface area contributed by atoms with E-state index in [0.29, 0.717) is 5.92 Å². The van der Waals surface area contributed by atoms with Crippen molar-refractivity contribution in [2.24, 2.45) is 5.92 Å². The van der Waals surface area contributed by atoms with E-state index >= 15 is 0 Å². The lowest BCUT2D eigenvalue weighted by Crippen LogP contribution is -2.45. The number of para-hydroxylation sites is 1. The monoisotopic (exact) mass is 313 g/mol. The van der Waals surface area contributed by atoms with E-state index in [9.17, 15) is 4.79 Å². The van der Waals surface area contributed by atoms with Gasteiger partial charge in [0.2, 0.25) is 0 Å². The van der Waals surface area contributed by atoms with Crippen LogP contribution in [0.1, 0.15) is 19.8 Å². The summed E-state index contributed by atoms with van der Waals surface area (Å²) in [6, 6.07) is 9.51. The molecule has 1 amide bonds. The zero-order valence-corrected chi connectivity index (χ0v) is 13.5. The minimum Gasteiger partial charge on any atom is -0.481 e. The van der Waals surface area contributed by atoms with Crippen LogP contribution in [0.25, 0.3) is 0 Å². The van der Waals surface area contributed by atoms with Crippen LogP contribution in [0.4, 0.5) is 0 Å². The van der Waals surface area contributed by atoms with Gasteiger partial charge in [-0.05, 0) is 37.8 Å². The summed E-state index contributed by atoms with van der Waals surface area (Å²) in [5.41, 5.74) is 0. The summed E-state index contributed by atoms with van der Waals surface area (Å²) in [5.74, 6) is 1.43. The number of amides is 1. The molecule has 1 aliphatic heterocycles. The molecule has 23 heavy (non-hydrogen) atoms. The molecular weight excluding hydrogens is 290 g/mol. The third-order valence-electron chi connectivity index (χ3n) is 4.36. The van der Waals surface area contributed by atoms with Gasteiger partial charge in [0.1, 0.15) is 5.75 Å². The van der Waals surface area contributed by atoms with Crippen LogP contribution >= 0.6 is 0 Å². The largest absolute Gasteiger partial charge is 0.481 e. The number of rotatable bonds is 5. The number of hydrogen-bond acceptors (Lipinski definition) is 3. The van der Waals surface area contributed by atoms with Crippen LogP contribution in [0.15, 0.2) is 49.1 Å². The summed E-state index contributed by atoms with van der Waals surface area (Å²) in [5, 5.41) is 0. The lowest BCUT2D eigenvalue weighted by molar-refractivity contribution is -0.139. The summed E-state index contributed by atoms with van der Waals surface area (Å²) in [6.45, 7) is 4.42. The van der Waals surface area contributed by atoms with Crippen LogP contribution in [-0.2, 0) is 11.3 Å². The maximum atomic E-state index is 12.5. The molecule has 0 spiro atoms. The third-order valence-corrected chi connectivity index (χ3v) is 4.36. The fourth-order valence-corrected chi connectivity index (χ4v) is 3.04. The molecule has 1 saturated heterocycles. The quantitative estimate of drug-likeness (QED) is 0.852. The molecule has 0 radical (unpaired) electrons. The first-order valence-electron chi connectivity index (χ1n) is 8.18. The molecule has 1 unspecified atom stereocenters. The van der Waals surface area contributed by atoms with Crippen molar-refractivity contribution in [1.29, 1.82) is 0 Å². The first kappa shape index (κ1) is 15.6. The van der Waals surface area contributed by atoms with E-state index in [1.54, 1.807) is 6.20 Å². The van der Waals surface area contributed by atoms with Gasteiger partial charge < -0.3 is 14.2 Å². The highest BCUT2D eigenvalue weighted by Crippen LogP contribution is 2.20. The maximum absolute atomic E-state index is 12.5. The van der Waals surface area contributed by atoms with Crippen LogP contribution in [0.5, 0.6) is 5.75 Å². The highest BCUT2D eigenvalue weighted by Gasteiger charge is 2.27. The minimum atomic E-state index is -0.442. The Kier molecular flexibility index (Phi) is 4.95. The molecule has 122 valence electrons. The zero-order valence-electron chi connectivity index (χ0n) is 13.5. The van der Waals surface area contributed by atoms with E-state index < -0.39 is 6.10 Å². The Bertz CT molecular complexity index is 604. The molecule has 2 heterocycles. The zero-order chi connectivity index (χ0) is 16.1. The average molecular weight is 313 g/mol. The van der Waals surface area contributed by atoms with Crippen molar-refractivity contribution in [2.45, 2.75) is 32.4 Å². The molecule has 0 N–H and O–H groups in total. The first-order valence-corrected chi connectivity index (χ1v) is 8.18. The fourth-order valence-electron chi connectivity index (χ4n) is 3.04. The number of imidazole rings is 1. The lowest BCUT2D eigenvalue weighted by atomic mass is 9.96. The number of nitrogens with zero attached hydrogens (tertiary/aromatic N) is 3. The lowest BCUT2D eigenvalue weighted by Gasteiger charge is -2.33. The van der Waals surface area contributed by atoms with Crippen LogP contribution in [0, 0.1) is 5.92 Å². The van der Waals surface area contributed by atoms with E-state index in [2.05, 4.69) is 9.55 Å². The summed E-state index contributed by atoms with van der Waals surface area (Å²) in [7, 11) is 0. The molecule has 0 saturated carbocycles. The minimum absolute atomic E-state index is 0.0786. The molecule has 1 aliphatic rings. The van der Waals surface area contributed by atoms with Crippen molar-refractivity contribution >= 4 is 5.91 Å². The number of ether oxygens (including phenoxy) is 1. The van der Waals surface area contributed by atoms with Gasteiger partial charge in [0.25, 0.3) is 5.91 Å². The van der Waals surface area contributed by atoms with Crippen molar-refractivity contribution in [2.75, 3.05) is 13.1 Å². The average Bonchev–Trinajstić information content (AvgIpc) is 3.09. The molecule has 0 bridgehead atoms. The fraction of sp³-hybridized carbons (Fsp3) is 0.444. The highest BCUT2D eigenvalue weighted by atomic mass is 16.5. The Hall–Kier alpha value is -2.30. The Morgan fingerprint density at radius 2 is 2.04 bits per heavy atom. The predicted octanol–water partition coefficient (Wildman–Crippen LogP) is 2.59. The van der Waals surface area contributed by atoms with E-state index in [-0.39, 0.29) is 5.91 Å². The first-order chi connectivity index (χ1) is 11.2. The van der Waals surface area contributed by atoms with Gasteiger partial charge in [-0.2, -0.15) is 0 Å². The Labute approximate surface area is 136 Å². The van der Waals surface area contributed by atoms with E-state index in [1.807, 2.05) is 54.7 Å². The standard InChI is InChI=1S/C18H23N3O2/c1-15(23-17-5-3-2-4-6-17)18(22)21-10-7-16(8-11-21)13-20-12-9-19-14-20/h2-6,9,12,14-16H,7-8,10-11,13H2,1H3. The molecule has 5 heteroatoms. The number of hydrogen-bond donors (Lipinski definition) is 0. The van der Waals surface area contributed by atoms with E-state index in [4.69, 9.17) is 4.74 Å². The molecule has 2 aromatic rings. The molecule has 3 rings (SSSR count). The van der Waals surface area contributed by atoms with Crippen molar-refractivity contribution in [3.8, 4) is 5.75 Å².